The van der Waals surface area contributed by atoms with E-state index in [4.69, 9.17) is 0 Å². The molecule has 0 spiro atoms. The van der Waals surface area contributed by atoms with Gasteiger partial charge in [-0.3, -0.25) is 4.79 Å². The highest BCUT2D eigenvalue weighted by molar-refractivity contribution is 5.80. The zero-order valence-corrected chi connectivity index (χ0v) is 8.58. The van der Waals surface area contributed by atoms with Crippen LogP contribution in [0.3, 0.4) is 0 Å². The Labute approximate surface area is 96.4 Å². The van der Waals surface area contributed by atoms with Crippen LogP contribution >= 0.6 is 0 Å². The molecule has 0 aliphatic heterocycles. The van der Waals surface area contributed by atoms with Crippen molar-refractivity contribution >= 4 is 10.8 Å². The van der Waals surface area contributed by atoms with Crippen molar-refractivity contribution in [1.29, 1.82) is 0 Å². The lowest BCUT2D eigenvalue weighted by Gasteiger charge is -2.20. The Morgan fingerprint density at radius 1 is 1.06 bits per heavy atom. The van der Waals surface area contributed by atoms with E-state index in [0.717, 1.165) is 12.3 Å². The smallest absolute Gasteiger partial charge is 0.267 e. The molecule has 0 saturated carbocycles. The van der Waals surface area contributed by atoms with Gasteiger partial charge in [0.05, 0.1) is 11.6 Å². The number of fused-ring (bicyclic) bond motifs is 1. The van der Waals surface area contributed by atoms with Gasteiger partial charge in [-0.05, 0) is 6.07 Å². The summed E-state index contributed by atoms with van der Waals surface area (Å²) in [4.78, 5) is 11.5. The third-order valence-electron chi connectivity index (χ3n) is 2.30. The van der Waals surface area contributed by atoms with Crippen LogP contribution in [0.25, 0.3) is 10.8 Å². The van der Waals surface area contributed by atoms with E-state index in [2.05, 4.69) is 5.10 Å². The van der Waals surface area contributed by atoms with E-state index in [1.807, 2.05) is 0 Å². The molecule has 2 rings (SSSR count). The van der Waals surface area contributed by atoms with Gasteiger partial charge in [0.2, 0.25) is 0 Å². The minimum absolute atomic E-state index is 0.191. The average molecular weight is 264 g/mol. The van der Waals surface area contributed by atoms with Crippen LogP contribution in [0.1, 0.15) is 0 Å². The first kappa shape index (κ1) is 12.5. The van der Waals surface area contributed by atoms with Crippen LogP contribution in [0.15, 0.2) is 35.3 Å². The first-order valence-electron chi connectivity index (χ1n) is 4.67. The first-order chi connectivity index (χ1) is 8.25. The molecule has 96 valence electrons. The van der Waals surface area contributed by atoms with E-state index >= 15 is 0 Å². The predicted molar refractivity (Wildman–Crippen MR) is 52.2 cm³/mol. The summed E-state index contributed by atoms with van der Waals surface area (Å²) in [5, 5.41) is 2.82. The number of rotatable bonds is 1. The van der Waals surface area contributed by atoms with E-state index in [1.165, 1.54) is 18.2 Å². The first-order valence-corrected chi connectivity index (χ1v) is 4.67. The molecule has 0 bridgehead atoms. The van der Waals surface area contributed by atoms with Crippen LogP contribution in [0.2, 0.25) is 0 Å². The minimum atomic E-state index is -5.88. The second kappa shape index (κ2) is 3.76. The van der Waals surface area contributed by atoms with Gasteiger partial charge in [-0.1, -0.05) is 18.2 Å². The van der Waals surface area contributed by atoms with E-state index in [9.17, 15) is 26.7 Å². The molecule has 1 aromatic heterocycles. The number of halogens is 5. The predicted octanol–water partition coefficient (Wildman–Crippen LogP) is 2.51. The molecule has 0 unspecified atom stereocenters. The molecule has 2 aromatic rings. The van der Waals surface area contributed by atoms with Crippen molar-refractivity contribution in [3.05, 3.63) is 40.8 Å². The average Bonchev–Trinajstić information content (AvgIpc) is 2.28. The van der Waals surface area contributed by atoms with E-state index in [-0.39, 0.29) is 10.8 Å². The van der Waals surface area contributed by atoms with Crippen molar-refractivity contribution in [1.82, 2.24) is 9.78 Å². The van der Waals surface area contributed by atoms with Gasteiger partial charge in [-0.2, -0.15) is 31.7 Å². The van der Waals surface area contributed by atoms with Crippen LogP contribution in [-0.4, -0.2) is 16.0 Å². The van der Waals surface area contributed by atoms with Crippen molar-refractivity contribution in [2.24, 2.45) is 0 Å². The number of benzene rings is 1. The largest absolute Gasteiger partial charge is 0.477 e. The highest BCUT2D eigenvalue weighted by Gasteiger charge is 2.61. The summed E-state index contributed by atoms with van der Waals surface area (Å²) < 4.78 is 61.7. The van der Waals surface area contributed by atoms with Gasteiger partial charge in [-0.15, -0.1) is 0 Å². The Morgan fingerprint density at radius 3 is 2.28 bits per heavy atom. The molecule has 0 radical (unpaired) electrons. The van der Waals surface area contributed by atoms with Gasteiger partial charge >= 0.3 is 12.2 Å². The summed E-state index contributed by atoms with van der Waals surface area (Å²) in [7, 11) is 0. The number of hydrogen-bond donors (Lipinski definition) is 0. The Kier molecular flexibility index (Phi) is 2.60. The van der Waals surface area contributed by atoms with Crippen LogP contribution < -0.4 is 5.56 Å². The van der Waals surface area contributed by atoms with Gasteiger partial charge in [-0.25, -0.2) is 0 Å². The number of hydrogen-bond acceptors (Lipinski definition) is 2. The molecule has 0 N–H and O–H groups in total. The maximum atomic E-state index is 13.0. The third-order valence-corrected chi connectivity index (χ3v) is 2.30. The van der Waals surface area contributed by atoms with Crippen LogP contribution in [0.5, 0.6) is 0 Å². The van der Waals surface area contributed by atoms with Crippen LogP contribution in [-0.2, 0) is 6.05 Å². The summed E-state index contributed by atoms with van der Waals surface area (Å²) >= 11 is 0. The Hall–Kier alpha value is -1.99. The highest BCUT2D eigenvalue weighted by Crippen LogP contribution is 2.38. The number of alkyl halides is 5. The SMILES string of the molecule is O=c1c2ccccc2cnn1C(F)(F)C(F)(F)F. The summed E-state index contributed by atoms with van der Waals surface area (Å²) in [6.07, 6.45) is -5.09. The lowest BCUT2D eigenvalue weighted by Crippen LogP contribution is -2.46. The lowest BCUT2D eigenvalue weighted by molar-refractivity contribution is -0.329. The molecule has 0 aliphatic rings. The van der Waals surface area contributed by atoms with E-state index in [0.29, 0.717) is 0 Å². The fourth-order valence-corrected chi connectivity index (χ4v) is 1.41. The molecule has 3 nitrogen and oxygen atoms in total. The van der Waals surface area contributed by atoms with Gasteiger partial charge in [0.15, 0.2) is 0 Å². The second-order valence-electron chi connectivity index (χ2n) is 3.49. The number of aromatic nitrogens is 2. The minimum Gasteiger partial charge on any atom is -0.267 e. The molecule has 18 heavy (non-hydrogen) atoms. The maximum Gasteiger partial charge on any atom is 0.477 e. The molecular formula is C10H5F5N2O. The maximum absolute atomic E-state index is 13.0. The normalized spacial score (nSPS) is 12.9. The quantitative estimate of drug-likeness (QED) is 0.742. The zero-order chi connectivity index (χ0) is 13.6. The van der Waals surface area contributed by atoms with Crippen molar-refractivity contribution < 1.29 is 22.0 Å². The third kappa shape index (κ3) is 1.73. The van der Waals surface area contributed by atoms with E-state index in [1.54, 1.807) is 0 Å². The number of nitrogens with zero attached hydrogens (tertiary/aromatic N) is 2. The van der Waals surface area contributed by atoms with Crippen molar-refractivity contribution in [2.75, 3.05) is 0 Å². The summed E-state index contributed by atoms with van der Waals surface area (Å²) in [6.45, 7) is 0. The molecule has 0 atom stereocenters. The Bertz CT molecular complexity index is 646. The fraction of sp³-hybridized carbons (Fsp3) is 0.200. The van der Waals surface area contributed by atoms with Crippen molar-refractivity contribution in [3.8, 4) is 0 Å². The Morgan fingerprint density at radius 2 is 1.67 bits per heavy atom. The molecule has 0 fully saturated rings. The monoisotopic (exact) mass is 264 g/mol. The highest BCUT2D eigenvalue weighted by atomic mass is 19.4. The van der Waals surface area contributed by atoms with Crippen LogP contribution in [0, 0.1) is 0 Å². The lowest BCUT2D eigenvalue weighted by atomic mass is 10.2. The molecule has 0 aliphatic carbocycles. The van der Waals surface area contributed by atoms with Gasteiger partial charge in [0.25, 0.3) is 5.56 Å². The second-order valence-corrected chi connectivity index (χ2v) is 3.49. The molecule has 1 heterocycles. The Balaban J connectivity index is 2.75. The summed E-state index contributed by atoms with van der Waals surface area (Å²) in [5.41, 5.74) is -1.49. The van der Waals surface area contributed by atoms with Gasteiger partial charge in [0, 0.05) is 5.39 Å². The fourth-order valence-electron chi connectivity index (χ4n) is 1.41. The molecule has 1 aromatic carbocycles. The van der Waals surface area contributed by atoms with Crippen molar-refractivity contribution in [3.63, 3.8) is 0 Å². The molecule has 0 saturated heterocycles. The molecule has 8 heteroatoms. The summed E-state index contributed by atoms with van der Waals surface area (Å²) in [5.74, 6) is 0. The van der Waals surface area contributed by atoms with Crippen molar-refractivity contribution in [2.45, 2.75) is 12.2 Å². The zero-order valence-electron chi connectivity index (χ0n) is 8.58. The van der Waals surface area contributed by atoms with Gasteiger partial charge < -0.3 is 0 Å². The van der Waals surface area contributed by atoms with Gasteiger partial charge in [0.1, 0.15) is 0 Å². The topological polar surface area (TPSA) is 34.9 Å². The van der Waals surface area contributed by atoms with E-state index < -0.39 is 22.5 Å². The summed E-state index contributed by atoms with van der Waals surface area (Å²) in [6, 6.07) is 0.0751. The van der Waals surface area contributed by atoms with Crippen LogP contribution in [0.4, 0.5) is 22.0 Å². The molecule has 0 amide bonds. The molecular weight excluding hydrogens is 259 g/mol. The standard InChI is InChI=1S/C10H5F5N2O/c11-9(12,13)10(14,15)17-8(18)7-4-2-1-3-6(7)5-16-17/h1-5H.